The molecule has 0 amide bonds. The first-order valence-corrected chi connectivity index (χ1v) is 29.8. The van der Waals surface area contributed by atoms with Gasteiger partial charge in [0.2, 0.25) is 0 Å². The van der Waals surface area contributed by atoms with Crippen LogP contribution in [0.15, 0.2) is 36.4 Å². The minimum atomic E-state index is -1.36. The van der Waals surface area contributed by atoms with Gasteiger partial charge in [0.1, 0.15) is 37.5 Å². The van der Waals surface area contributed by atoms with Crippen LogP contribution in [0.3, 0.4) is 0 Å². The quantitative estimate of drug-likeness (QED) is 0.0339. The van der Waals surface area contributed by atoms with Crippen LogP contribution in [0.25, 0.3) is 0 Å². The molecule has 336 valence electrons. The van der Waals surface area contributed by atoms with Crippen LogP contribution >= 0.6 is 15.9 Å². The molecule has 0 N–H and O–H groups in total. The Morgan fingerprint density at radius 2 is 1.53 bits per heavy atom. The second-order valence-electron chi connectivity index (χ2n) is 20.1. The van der Waals surface area contributed by atoms with Gasteiger partial charge in [-0.2, -0.15) is 0 Å². The van der Waals surface area contributed by atoms with Gasteiger partial charge >= 0.3 is 11.9 Å². The van der Waals surface area contributed by atoms with E-state index in [4.69, 9.17) is 52.1 Å². The molecule has 16 heteroatoms. The number of carbonyl (C=O) groups excluding carboxylic acids is 2. The summed E-state index contributed by atoms with van der Waals surface area (Å²) < 4.78 is 69.5. The van der Waals surface area contributed by atoms with E-state index in [0.29, 0.717) is 31.8 Å². The zero-order valence-corrected chi connectivity index (χ0v) is 40.5. The number of esters is 2. The van der Waals surface area contributed by atoms with E-state index in [-0.39, 0.29) is 56.0 Å². The molecule has 13 nitrogen and oxygen atoms in total. The van der Waals surface area contributed by atoms with Crippen molar-refractivity contribution >= 4 is 44.0 Å². The monoisotopic (exact) mass is 938 g/mol. The van der Waals surface area contributed by atoms with Gasteiger partial charge in [0.05, 0.1) is 68.0 Å². The van der Waals surface area contributed by atoms with E-state index >= 15 is 0 Å². The minimum Gasteiger partial charge on any atom is -0.497 e. The highest BCUT2D eigenvalue weighted by atomic mass is 79.9. The Hall–Kier alpha value is -1.71. The molecule has 7 rings (SSSR count). The number of rotatable bonds is 20. The van der Waals surface area contributed by atoms with Crippen LogP contribution in [0.5, 0.6) is 5.75 Å². The standard InChI is InChI=1S/C44H67BrO13Si2/c1-27-35-40(46)55-23-42(35)33(56-25-51-15-17-59(5,6)7)21-34(57-26-52-16-18-60(8,9)10)43(41(47)49-3)24-54-37(38(42)43)36(27)58-44(50-4)29-19-31(39(44)45)32(20-29)53-22-28-11-13-30(48-2)14-12-28/h11-14,29,31-39H,1,15-26H2,2-10H3/t29?,31?,32-,33+,34-,35-,36+,37+,38-,39-,42-,43+,44-/m1/s1. The van der Waals surface area contributed by atoms with Crippen molar-refractivity contribution in [3.63, 3.8) is 0 Å². The predicted molar refractivity (Wildman–Crippen MR) is 231 cm³/mol. The summed E-state index contributed by atoms with van der Waals surface area (Å²) in [5, 5.41) is 0. The number of halogens is 1. The molecule has 1 spiro atoms. The molecule has 1 aromatic rings. The van der Waals surface area contributed by atoms with E-state index in [1.165, 1.54) is 7.11 Å². The van der Waals surface area contributed by atoms with Crippen molar-refractivity contribution in [1.29, 1.82) is 0 Å². The average Bonchev–Trinajstić information content (AvgIpc) is 3.97. The summed E-state index contributed by atoms with van der Waals surface area (Å²) in [5.41, 5.74) is -0.802. The van der Waals surface area contributed by atoms with Gasteiger partial charge in [0.25, 0.3) is 0 Å². The summed E-state index contributed by atoms with van der Waals surface area (Å²) in [7, 11) is 1.98. The Morgan fingerprint density at radius 1 is 0.883 bits per heavy atom. The molecule has 4 saturated carbocycles. The lowest BCUT2D eigenvalue weighted by Crippen LogP contribution is -2.71. The fourth-order valence-electron chi connectivity index (χ4n) is 11.1. The molecule has 2 saturated heterocycles. The maximum Gasteiger partial charge on any atom is 0.317 e. The van der Waals surface area contributed by atoms with Crippen LogP contribution < -0.4 is 4.74 Å². The van der Waals surface area contributed by atoms with Crippen molar-refractivity contribution in [3.8, 4) is 5.75 Å². The number of benzene rings is 1. The molecule has 1 aromatic carbocycles. The first kappa shape index (κ1) is 46.3. The van der Waals surface area contributed by atoms with Gasteiger partial charge in [0.15, 0.2) is 5.79 Å². The Labute approximate surface area is 366 Å². The van der Waals surface area contributed by atoms with Crippen LogP contribution in [0.4, 0.5) is 0 Å². The third-order valence-electron chi connectivity index (χ3n) is 14.2. The molecule has 0 aromatic heterocycles. The van der Waals surface area contributed by atoms with Gasteiger partial charge in [-0.1, -0.05) is 73.9 Å². The molecular weight excluding hydrogens is 873 g/mol. The van der Waals surface area contributed by atoms with Crippen LogP contribution in [0.2, 0.25) is 51.4 Å². The van der Waals surface area contributed by atoms with Crippen molar-refractivity contribution < 1.29 is 61.7 Å². The maximum atomic E-state index is 14.5. The molecule has 2 bridgehead atoms. The van der Waals surface area contributed by atoms with Crippen molar-refractivity contribution in [2.45, 2.75) is 118 Å². The molecule has 13 atom stereocenters. The highest BCUT2D eigenvalue weighted by molar-refractivity contribution is 9.09. The van der Waals surface area contributed by atoms with Gasteiger partial charge in [0, 0.05) is 60.6 Å². The topological polar surface area (TPSA) is 136 Å². The first-order chi connectivity index (χ1) is 28.5. The van der Waals surface area contributed by atoms with Crippen LogP contribution in [-0.2, 0) is 63.6 Å². The van der Waals surface area contributed by atoms with Crippen molar-refractivity contribution in [1.82, 2.24) is 0 Å². The van der Waals surface area contributed by atoms with Crippen LogP contribution in [0.1, 0.15) is 24.8 Å². The molecule has 6 aliphatic rings. The van der Waals surface area contributed by atoms with E-state index in [2.05, 4.69) is 61.8 Å². The van der Waals surface area contributed by atoms with E-state index in [9.17, 15) is 9.59 Å². The zero-order chi connectivity index (χ0) is 43.3. The number of cyclic esters (lactones) is 1. The van der Waals surface area contributed by atoms with Crippen LogP contribution in [0, 0.1) is 34.5 Å². The van der Waals surface area contributed by atoms with Gasteiger partial charge < -0.3 is 52.1 Å². The minimum absolute atomic E-state index is 0.00986. The lowest BCUT2D eigenvalue weighted by Gasteiger charge is -2.60. The number of carbonyl (C=O) groups is 2. The van der Waals surface area contributed by atoms with Gasteiger partial charge in [-0.25, -0.2) is 0 Å². The summed E-state index contributed by atoms with van der Waals surface area (Å²) in [6, 6.07) is 9.84. The molecule has 4 aliphatic carbocycles. The summed E-state index contributed by atoms with van der Waals surface area (Å²) in [6.07, 6.45) is -1.18. The van der Waals surface area contributed by atoms with E-state index in [1.54, 1.807) is 14.2 Å². The lowest BCUT2D eigenvalue weighted by atomic mass is 9.44. The van der Waals surface area contributed by atoms with E-state index in [1.807, 2.05) is 24.3 Å². The summed E-state index contributed by atoms with van der Waals surface area (Å²) in [4.78, 5) is 28.5. The second-order valence-corrected chi connectivity index (χ2v) is 32.4. The number of methoxy groups -OCH3 is 3. The molecule has 6 fully saturated rings. The Balaban J connectivity index is 1.18. The summed E-state index contributed by atoms with van der Waals surface area (Å²) in [5.74, 6) is -2.71. The van der Waals surface area contributed by atoms with Crippen molar-refractivity contribution in [3.05, 3.63) is 42.0 Å². The zero-order valence-electron chi connectivity index (χ0n) is 37.0. The average molecular weight is 940 g/mol. The largest absolute Gasteiger partial charge is 0.497 e. The van der Waals surface area contributed by atoms with Crippen molar-refractivity contribution in [2.75, 3.05) is 61.3 Å². The van der Waals surface area contributed by atoms with Crippen LogP contribution in [-0.4, -0.2) is 131 Å². The van der Waals surface area contributed by atoms with Gasteiger partial charge in [-0.05, 0) is 48.2 Å². The fourth-order valence-corrected chi connectivity index (χ4v) is 13.8. The maximum absolute atomic E-state index is 14.5. The molecule has 2 aliphatic heterocycles. The van der Waals surface area contributed by atoms with Gasteiger partial charge in [-0.3, -0.25) is 9.59 Å². The molecule has 0 radical (unpaired) electrons. The first-order valence-electron chi connectivity index (χ1n) is 21.5. The normalized spacial score (nSPS) is 38.2. The lowest BCUT2D eigenvalue weighted by molar-refractivity contribution is -0.298. The smallest absolute Gasteiger partial charge is 0.317 e. The number of hydrogen-bond acceptors (Lipinski definition) is 13. The highest BCUT2D eigenvalue weighted by Crippen LogP contribution is 2.69. The summed E-state index contributed by atoms with van der Waals surface area (Å²) >= 11 is 4.02. The number of hydrogen-bond donors (Lipinski definition) is 0. The molecule has 60 heavy (non-hydrogen) atoms. The Bertz CT molecular complexity index is 1700. The Kier molecular flexibility index (Phi) is 13.9. The third kappa shape index (κ3) is 8.38. The second kappa shape index (κ2) is 18.1. The third-order valence-corrected chi connectivity index (χ3v) is 19.0. The molecule has 2 heterocycles. The number of alkyl halides is 1. The number of ether oxygens (including phenoxy) is 11. The van der Waals surface area contributed by atoms with E-state index in [0.717, 1.165) is 29.8 Å². The van der Waals surface area contributed by atoms with E-state index < -0.39 is 81.0 Å². The van der Waals surface area contributed by atoms with Gasteiger partial charge in [-0.15, -0.1) is 0 Å². The highest BCUT2D eigenvalue weighted by Gasteiger charge is 2.81. The van der Waals surface area contributed by atoms with Crippen molar-refractivity contribution in [2.24, 2.45) is 34.5 Å². The molecule has 2 unspecified atom stereocenters. The predicted octanol–water partition coefficient (Wildman–Crippen LogP) is 6.81. The number of fused-ring (bicyclic) bond motifs is 2. The Morgan fingerprint density at radius 3 is 2.12 bits per heavy atom. The summed E-state index contributed by atoms with van der Waals surface area (Å²) in [6.45, 7) is 19.9. The fraction of sp³-hybridized carbons (Fsp3) is 0.773. The molecular formula is C44H67BrO13Si2. The SMILES string of the molecule is C=C1[C@@H]2C(=O)OC[C@@]23[C@@H](OCOCC[Si](C)(C)C)C[C@@H](OCOCC[Si](C)(C)C)[C@@]2(C(=O)OC)CO[C@@H]([C@H]1O[C@]1(OC)C4CC([C@H]1Br)[C@H](OCc1ccc(OC)cc1)C4)[C@@H]23.